The van der Waals surface area contributed by atoms with Gasteiger partial charge in [0.15, 0.2) is 0 Å². The summed E-state index contributed by atoms with van der Waals surface area (Å²) >= 11 is 5.68. The Morgan fingerprint density at radius 2 is 2.21 bits per heavy atom. The largest absolute Gasteiger partial charge is 0.478 e. The molecule has 0 saturated carbocycles. The molecule has 4 nitrogen and oxygen atoms in total. The second-order valence-electron chi connectivity index (χ2n) is 2.86. The first kappa shape index (κ1) is 9.02. The second-order valence-corrected chi connectivity index (χ2v) is 3.29. The molecule has 1 aromatic rings. The van der Waals surface area contributed by atoms with E-state index in [1.165, 1.54) is 18.2 Å². The Hall–Kier alpha value is -1.55. The molecule has 0 radical (unpaired) electrons. The van der Waals surface area contributed by atoms with Crippen molar-refractivity contribution >= 4 is 23.5 Å². The fraction of sp³-hybridized carbons (Fsp3) is 0.111. The van der Waals surface area contributed by atoms with E-state index in [2.05, 4.69) is 4.74 Å². The third kappa shape index (κ3) is 1.24. The van der Waals surface area contributed by atoms with Gasteiger partial charge >= 0.3 is 11.9 Å². The van der Waals surface area contributed by atoms with Crippen LogP contribution in [0.4, 0.5) is 0 Å². The summed E-state index contributed by atoms with van der Waals surface area (Å²) in [6, 6.07) is 4.41. The molecule has 1 aromatic carbocycles. The number of halogens is 1. The van der Waals surface area contributed by atoms with Crippen LogP contribution in [0.3, 0.4) is 0 Å². The minimum absolute atomic E-state index is 0.266. The molecule has 0 bridgehead atoms. The van der Waals surface area contributed by atoms with Crippen LogP contribution >= 0.6 is 11.6 Å². The number of fused-ring (bicyclic) bond motifs is 1. The average molecular weight is 213 g/mol. The van der Waals surface area contributed by atoms with Gasteiger partial charge in [-0.05, 0) is 18.2 Å². The Morgan fingerprint density at radius 1 is 1.50 bits per heavy atom. The molecule has 1 N–H and O–H groups in total. The van der Waals surface area contributed by atoms with Gasteiger partial charge < -0.3 is 9.84 Å². The number of carboxylic acids is 1. The Morgan fingerprint density at radius 3 is 2.86 bits per heavy atom. The molecule has 1 unspecified atom stereocenters. The van der Waals surface area contributed by atoms with Crippen molar-refractivity contribution in [1.29, 1.82) is 0 Å². The van der Waals surface area contributed by atoms with E-state index in [9.17, 15) is 9.59 Å². The van der Waals surface area contributed by atoms with Crippen LogP contribution in [0.1, 0.15) is 22.0 Å². The van der Waals surface area contributed by atoms with E-state index in [1.807, 2.05) is 0 Å². The predicted octanol–water partition coefficient (Wildman–Crippen LogP) is 1.64. The summed E-state index contributed by atoms with van der Waals surface area (Å²) in [6.07, 6.45) is -1.23. The minimum Gasteiger partial charge on any atom is -0.478 e. The Labute approximate surface area is 84.1 Å². The third-order valence-corrected chi connectivity index (χ3v) is 2.20. The van der Waals surface area contributed by atoms with Crippen molar-refractivity contribution in [3.05, 3.63) is 34.3 Å². The quantitative estimate of drug-likeness (QED) is 0.719. The number of carbonyl (C=O) groups is 2. The zero-order valence-corrected chi connectivity index (χ0v) is 7.62. The maximum absolute atomic E-state index is 11.2. The molecule has 1 atom stereocenters. The highest BCUT2D eigenvalue weighted by molar-refractivity contribution is 6.30. The molecule has 0 spiro atoms. The van der Waals surface area contributed by atoms with E-state index in [0.29, 0.717) is 10.6 Å². The summed E-state index contributed by atoms with van der Waals surface area (Å²) in [6.45, 7) is 0. The fourth-order valence-corrected chi connectivity index (χ4v) is 1.53. The lowest BCUT2D eigenvalue weighted by atomic mass is 10.1. The van der Waals surface area contributed by atoms with Crippen LogP contribution in [0.5, 0.6) is 0 Å². The van der Waals surface area contributed by atoms with Crippen molar-refractivity contribution in [2.24, 2.45) is 0 Å². The average Bonchev–Trinajstić information content (AvgIpc) is 2.43. The van der Waals surface area contributed by atoms with E-state index in [-0.39, 0.29) is 5.56 Å². The number of hydrogen-bond donors (Lipinski definition) is 1. The number of benzene rings is 1. The van der Waals surface area contributed by atoms with Crippen LogP contribution in [0, 0.1) is 0 Å². The van der Waals surface area contributed by atoms with Gasteiger partial charge in [0.1, 0.15) is 0 Å². The highest BCUT2D eigenvalue weighted by Crippen LogP contribution is 2.32. The van der Waals surface area contributed by atoms with Crippen molar-refractivity contribution in [2.75, 3.05) is 0 Å². The molecule has 0 aromatic heterocycles. The topological polar surface area (TPSA) is 63.6 Å². The molecule has 72 valence electrons. The van der Waals surface area contributed by atoms with E-state index in [4.69, 9.17) is 16.7 Å². The number of rotatable bonds is 1. The zero-order valence-electron chi connectivity index (χ0n) is 6.86. The highest BCUT2D eigenvalue weighted by Gasteiger charge is 2.36. The lowest BCUT2D eigenvalue weighted by Crippen LogP contribution is -2.10. The van der Waals surface area contributed by atoms with Gasteiger partial charge in [-0.15, -0.1) is 0 Å². The van der Waals surface area contributed by atoms with Gasteiger partial charge in [0.2, 0.25) is 6.10 Å². The van der Waals surface area contributed by atoms with E-state index in [0.717, 1.165) is 0 Å². The number of esters is 1. The van der Waals surface area contributed by atoms with Gasteiger partial charge in [-0.1, -0.05) is 11.6 Å². The molecule has 0 fully saturated rings. The normalized spacial score (nSPS) is 18.9. The van der Waals surface area contributed by atoms with Gasteiger partial charge in [0.05, 0.1) is 5.56 Å². The monoisotopic (exact) mass is 212 g/mol. The SMILES string of the molecule is O=C1OC(C(=O)O)c2cc(Cl)ccc21. The van der Waals surface area contributed by atoms with Crippen molar-refractivity contribution in [2.45, 2.75) is 6.10 Å². The number of ether oxygens (including phenoxy) is 1. The maximum atomic E-state index is 11.2. The van der Waals surface area contributed by atoms with Gasteiger partial charge in [0, 0.05) is 10.6 Å². The fourth-order valence-electron chi connectivity index (χ4n) is 1.35. The van der Waals surface area contributed by atoms with Crippen molar-refractivity contribution in [1.82, 2.24) is 0 Å². The standard InChI is InChI=1S/C9H5ClO4/c10-4-1-2-5-6(3-4)7(8(11)12)14-9(5)13/h1-3,7H,(H,11,12). The van der Waals surface area contributed by atoms with Crippen LogP contribution in [0.15, 0.2) is 18.2 Å². The lowest BCUT2D eigenvalue weighted by Gasteiger charge is -2.03. The number of cyclic esters (lactones) is 1. The van der Waals surface area contributed by atoms with Crippen LogP contribution in [0.2, 0.25) is 5.02 Å². The summed E-state index contributed by atoms with van der Waals surface area (Å²) in [4.78, 5) is 21.9. The maximum Gasteiger partial charge on any atom is 0.349 e. The molecule has 14 heavy (non-hydrogen) atoms. The molecule has 2 rings (SSSR count). The van der Waals surface area contributed by atoms with Crippen LogP contribution in [0.25, 0.3) is 0 Å². The van der Waals surface area contributed by atoms with Crippen LogP contribution in [-0.4, -0.2) is 17.0 Å². The van der Waals surface area contributed by atoms with Gasteiger partial charge in [-0.25, -0.2) is 9.59 Å². The summed E-state index contributed by atoms with van der Waals surface area (Å²) in [5.74, 6) is -1.82. The Balaban J connectivity index is 2.56. The van der Waals surface area contributed by atoms with E-state index >= 15 is 0 Å². The molecule has 1 aliphatic heterocycles. The lowest BCUT2D eigenvalue weighted by molar-refractivity contribution is -0.146. The number of hydrogen-bond acceptors (Lipinski definition) is 3. The molecule has 0 saturated heterocycles. The van der Waals surface area contributed by atoms with Crippen LogP contribution < -0.4 is 0 Å². The molecule has 1 heterocycles. The van der Waals surface area contributed by atoms with Gasteiger partial charge in [-0.3, -0.25) is 0 Å². The molecule has 5 heteroatoms. The number of carboxylic acid groups (broad SMARTS) is 1. The zero-order chi connectivity index (χ0) is 10.3. The minimum atomic E-state index is -1.23. The molecule has 0 amide bonds. The van der Waals surface area contributed by atoms with E-state index < -0.39 is 18.0 Å². The predicted molar refractivity (Wildman–Crippen MR) is 47.2 cm³/mol. The van der Waals surface area contributed by atoms with Crippen molar-refractivity contribution < 1.29 is 19.4 Å². The second kappa shape index (κ2) is 2.99. The Kier molecular flexibility index (Phi) is 1.93. The van der Waals surface area contributed by atoms with Crippen molar-refractivity contribution in [3.8, 4) is 0 Å². The smallest absolute Gasteiger partial charge is 0.349 e. The first-order chi connectivity index (χ1) is 6.59. The summed E-state index contributed by atoms with van der Waals surface area (Å²) in [7, 11) is 0. The summed E-state index contributed by atoms with van der Waals surface area (Å²) in [5.41, 5.74) is 0.580. The first-order valence-electron chi connectivity index (χ1n) is 3.83. The molecule has 0 aliphatic carbocycles. The number of aliphatic carboxylic acids is 1. The highest BCUT2D eigenvalue weighted by atomic mass is 35.5. The van der Waals surface area contributed by atoms with Crippen molar-refractivity contribution in [3.63, 3.8) is 0 Å². The first-order valence-corrected chi connectivity index (χ1v) is 4.20. The molecule has 1 aliphatic rings. The third-order valence-electron chi connectivity index (χ3n) is 1.97. The Bertz CT molecular complexity index is 427. The summed E-state index contributed by atoms with van der Waals surface area (Å²) < 4.78 is 4.65. The summed E-state index contributed by atoms with van der Waals surface area (Å²) in [5, 5.41) is 9.13. The molecular formula is C9H5ClO4. The van der Waals surface area contributed by atoms with Crippen LogP contribution in [-0.2, 0) is 9.53 Å². The molecular weight excluding hydrogens is 208 g/mol. The van der Waals surface area contributed by atoms with Gasteiger partial charge in [0.25, 0.3) is 0 Å². The van der Waals surface area contributed by atoms with E-state index in [1.54, 1.807) is 0 Å². The van der Waals surface area contributed by atoms with Gasteiger partial charge in [-0.2, -0.15) is 0 Å². The number of carbonyl (C=O) groups excluding carboxylic acids is 1.